The van der Waals surface area contributed by atoms with Gasteiger partial charge in [0.05, 0.1) is 0 Å². The van der Waals surface area contributed by atoms with Crippen LogP contribution >= 0.6 is 0 Å². The Kier molecular flexibility index (Phi) is 2.94. The normalized spacial score (nSPS) is 17.7. The highest BCUT2D eigenvalue weighted by Gasteiger charge is 2.25. The van der Waals surface area contributed by atoms with Crippen molar-refractivity contribution in [2.45, 2.75) is 13.0 Å². The van der Waals surface area contributed by atoms with Crippen LogP contribution in [0.2, 0.25) is 0 Å². The minimum absolute atomic E-state index is 0.608. The van der Waals surface area contributed by atoms with Crippen LogP contribution in [-0.4, -0.2) is 24.3 Å². The molecule has 2 rings (SSSR count). The highest BCUT2D eigenvalue weighted by atomic mass is 16.1. The van der Waals surface area contributed by atoms with Gasteiger partial charge in [-0.1, -0.05) is 30.3 Å². The van der Waals surface area contributed by atoms with Gasteiger partial charge >= 0.3 is 0 Å². The SMILES string of the molecule is O=CCC1CN(Cc2ccccc2)C1. The summed E-state index contributed by atoms with van der Waals surface area (Å²) in [4.78, 5) is 12.6. The van der Waals surface area contributed by atoms with Gasteiger partial charge in [0.1, 0.15) is 6.29 Å². The van der Waals surface area contributed by atoms with E-state index in [4.69, 9.17) is 0 Å². The molecule has 1 heterocycles. The molecule has 0 amide bonds. The van der Waals surface area contributed by atoms with Crippen LogP contribution in [0.3, 0.4) is 0 Å². The van der Waals surface area contributed by atoms with Gasteiger partial charge in [0.15, 0.2) is 0 Å². The Labute approximate surface area is 84.5 Å². The predicted octanol–water partition coefficient (Wildman–Crippen LogP) is 1.71. The molecule has 1 aliphatic rings. The third kappa shape index (κ3) is 2.20. The first-order chi connectivity index (χ1) is 6.88. The van der Waals surface area contributed by atoms with Crippen molar-refractivity contribution in [3.05, 3.63) is 35.9 Å². The van der Waals surface area contributed by atoms with Crippen molar-refractivity contribution in [3.63, 3.8) is 0 Å². The number of likely N-dealkylation sites (tertiary alicyclic amines) is 1. The summed E-state index contributed by atoms with van der Waals surface area (Å²) >= 11 is 0. The molecule has 14 heavy (non-hydrogen) atoms. The second-order valence-corrected chi connectivity index (χ2v) is 3.95. The Balaban J connectivity index is 1.77. The fourth-order valence-electron chi connectivity index (χ4n) is 1.93. The molecule has 74 valence electrons. The van der Waals surface area contributed by atoms with Gasteiger partial charge in [0, 0.05) is 26.1 Å². The van der Waals surface area contributed by atoms with Crippen molar-refractivity contribution in [2.75, 3.05) is 13.1 Å². The van der Waals surface area contributed by atoms with E-state index < -0.39 is 0 Å². The minimum atomic E-state index is 0.608. The number of nitrogens with zero attached hydrogens (tertiary/aromatic N) is 1. The summed E-state index contributed by atoms with van der Waals surface area (Å²) < 4.78 is 0. The third-order valence-electron chi connectivity index (χ3n) is 2.71. The molecule has 0 atom stereocenters. The van der Waals surface area contributed by atoms with E-state index in [0.717, 1.165) is 32.3 Å². The quantitative estimate of drug-likeness (QED) is 0.672. The average molecular weight is 189 g/mol. The Morgan fingerprint density at radius 2 is 2.00 bits per heavy atom. The summed E-state index contributed by atoms with van der Waals surface area (Å²) in [5.74, 6) is 0.608. The maximum absolute atomic E-state index is 10.3. The zero-order valence-corrected chi connectivity index (χ0v) is 8.23. The highest BCUT2D eigenvalue weighted by molar-refractivity contribution is 5.50. The molecule has 0 saturated carbocycles. The van der Waals surface area contributed by atoms with Crippen molar-refractivity contribution < 1.29 is 4.79 Å². The lowest BCUT2D eigenvalue weighted by atomic mass is 9.96. The van der Waals surface area contributed by atoms with E-state index in [9.17, 15) is 4.79 Å². The van der Waals surface area contributed by atoms with Crippen molar-refractivity contribution in [1.29, 1.82) is 0 Å². The van der Waals surface area contributed by atoms with Gasteiger partial charge in [-0.25, -0.2) is 0 Å². The lowest BCUT2D eigenvalue weighted by molar-refractivity contribution is -0.109. The van der Waals surface area contributed by atoms with E-state index in [1.165, 1.54) is 5.56 Å². The predicted molar refractivity (Wildman–Crippen MR) is 55.9 cm³/mol. The fraction of sp³-hybridized carbons (Fsp3) is 0.417. The maximum atomic E-state index is 10.3. The lowest BCUT2D eigenvalue weighted by Crippen LogP contribution is -2.45. The molecule has 0 N–H and O–H groups in total. The lowest BCUT2D eigenvalue weighted by Gasteiger charge is -2.38. The molecule has 2 nitrogen and oxygen atoms in total. The fourth-order valence-corrected chi connectivity index (χ4v) is 1.93. The van der Waals surface area contributed by atoms with E-state index >= 15 is 0 Å². The van der Waals surface area contributed by atoms with Crippen LogP contribution in [-0.2, 0) is 11.3 Å². The Bertz CT molecular complexity index is 290. The Morgan fingerprint density at radius 1 is 1.29 bits per heavy atom. The van der Waals surface area contributed by atoms with Gasteiger partial charge in [-0.05, 0) is 11.5 Å². The first-order valence-electron chi connectivity index (χ1n) is 5.08. The maximum Gasteiger partial charge on any atom is 0.120 e. The highest BCUT2D eigenvalue weighted by Crippen LogP contribution is 2.20. The molecule has 1 aromatic carbocycles. The summed E-state index contributed by atoms with van der Waals surface area (Å²) in [6.07, 6.45) is 1.76. The molecular formula is C12H15NO. The van der Waals surface area contributed by atoms with Gasteiger partial charge in [-0.3, -0.25) is 4.90 Å². The molecule has 1 aliphatic heterocycles. The van der Waals surface area contributed by atoms with Crippen molar-refractivity contribution >= 4 is 6.29 Å². The van der Waals surface area contributed by atoms with Gasteiger partial charge in [-0.15, -0.1) is 0 Å². The van der Waals surface area contributed by atoms with Crippen molar-refractivity contribution in [1.82, 2.24) is 4.90 Å². The molecule has 0 unspecified atom stereocenters. The van der Waals surface area contributed by atoms with E-state index in [1.807, 2.05) is 6.07 Å². The molecule has 1 fully saturated rings. The van der Waals surface area contributed by atoms with E-state index in [0.29, 0.717) is 5.92 Å². The second-order valence-electron chi connectivity index (χ2n) is 3.95. The number of rotatable bonds is 4. The van der Waals surface area contributed by atoms with E-state index in [1.54, 1.807) is 0 Å². The minimum Gasteiger partial charge on any atom is -0.303 e. The molecular weight excluding hydrogens is 174 g/mol. The molecule has 1 saturated heterocycles. The number of benzene rings is 1. The number of carbonyl (C=O) groups is 1. The van der Waals surface area contributed by atoms with Gasteiger partial charge in [-0.2, -0.15) is 0 Å². The van der Waals surface area contributed by atoms with Gasteiger partial charge in [0.2, 0.25) is 0 Å². The van der Waals surface area contributed by atoms with Crippen LogP contribution in [0, 0.1) is 5.92 Å². The average Bonchev–Trinajstić information content (AvgIpc) is 2.16. The molecule has 2 heteroatoms. The second kappa shape index (κ2) is 4.38. The third-order valence-corrected chi connectivity index (χ3v) is 2.71. The molecule has 0 aromatic heterocycles. The summed E-state index contributed by atoms with van der Waals surface area (Å²) in [5.41, 5.74) is 1.36. The van der Waals surface area contributed by atoms with E-state index in [-0.39, 0.29) is 0 Å². The molecule has 0 aliphatic carbocycles. The van der Waals surface area contributed by atoms with Crippen LogP contribution in [0.4, 0.5) is 0 Å². The summed E-state index contributed by atoms with van der Waals surface area (Å²) in [7, 11) is 0. The van der Waals surface area contributed by atoms with Crippen LogP contribution in [0.15, 0.2) is 30.3 Å². The van der Waals surface area contributed by atoms with Crippen LogP contribution in [0.1, 0.15) is 12.0 Å². The van der Waals surface area contributed by atoms with Crippen LogP contribution in [0.5, 0.6) is 0 Å². The number of carbonyl (C=O) groups excluding carboxylic acids is 1. The monoisotopic (exact) mass is 189 g/mol. The first kappa shape index (κ1) is 9.41. The summed E-state index contributed by atoms with van der Waals surface area (Å²) in [6.45, 7) is 3.18. The summed E-state index contributed by atoms with van der Waals surface area (Å²) in [6, 6.07) is 10.5. The molecule has 1 aromatic rings. The molecule has 0 spiro atoms. The van der Waals surface area contributed by atoms with Gasteiger partial charge in [0.25, 0.3) is 0 Å². The Hall–Kier alpha value is -1.15. The smallest absolute Gasteiger partial charge is 0.120 e. The zero-order valence-electron chi connectivity index (χ0n) is 8.23. The topological polar surface area (TPSA) is 20.3 Å². The number of hydrogen-bond donors (Lipinski definition) is 0. The molecule has 0 radical (unpaired) electrons. The van der Waals surface area contributed by atoms with Crippen molar-refractivity contribution in [2.24, 2.45) is 5.92 Å². The van der Waals surface area contributed by atoms with Gasteiger partial charge < -0.3 is 4.79 Å². The molecule has 0 bridgehead atoms. The largest absolute Gasteiger partial charge is 0.303 e. The van der Waals surface area contributed by atoms with Crippen LogP contribution in [0.25, 0.3) is 0 Å². The first-order valence-corrected chi connectivity index (χ1v) is 5.08. The van der Waals surface area contributed by atoms with Crippen molar-refractivity contribution in [3.8, 4) is 0 Å². The number of aldehydes is 1. The standard InChI is InChI=1S/C12H15NO/c14-7-6-12-9-13(10-12)8-11-4-2-1-3-5-11/h1-5,7,12H,6,8-10H2. The van der Waals surface area contributed by atoms with E-state index in [2.05, 4.69) is 29.2 Å². The Morgan fingerprint density at radius 3 is 2.64 bits per heavy atom. The van der Waals surface area contributed by atoms with Crippen LogP contribution < -0.4 is 0 Å². The summed E-state index contributed by atoms with van der Waals surface area (Å²) in [5, 5.41) is 0. The number of hydrogen-bond acceptors (Lipinski definition) is 2. The zero-order chi connectivity index (χ0) is 9.80.